The van der Waals surface area contributed by atoms with E-state index in [0.29, 0.717) is 0 Å². The summed E-state index contributed by atoms with van der Waals surface area (Å²) < 4.78 is 3.60. The molecule has 0 radical (unpaired) electrons. The zero-order valence-electron chi connectivity index (χ0n) is 19.2. The van der Waals surface area contributed by atoms with E-state index >= 15 is 0 Å². The van der Waals surface area contributed by atoms with Gasteiger partial charge in [-0.2, -0.15) is 0 Å². The van der Waals surface area contributed by atoms with Gasteiger partial charge in [0.2, 0.25) is 0 Å². The molecule has 0 aliphatic carbocycles. The first-order chi connectivity index (χ1) is 17.9. The maximum Gasteiger partial charge on any atom is 0.124 e. The van der Waals surface area contributed by atoms with E-state index in [1.807, 2.05) is 18.3 Å². The SMILES string of the molecule is c1ccc2sc(-c3ccc(-n4c5ccccc5c5c6ccccc6c6ncccc6c54)cc3)nc2c1. The quantitative estimate of drug-likeness (QED) is 0.233. The van der Waals surface area contributed by atoms with Crippen LogP contribution in [0.1, 0.15) is 0 Å². The molecule has 3 heterocycles. The molecule has 0 aliphatic rings. The number of rotatable bonds is 2. The van der Waals surface area contributed by atoms with E-state index in [1.165, 1.54) is 37.3 Å². The Morgan fingerprint density at radius 2 is 1.33 bits per heavy atom. The highest BCUT2D eigenvalue weighted by molar-refractivity contribution is 7.21. The average Bonchev–Trinajstić information content (AvgIpc) is 3.53. The van der Waals surface area contributed by atoms with E-state index in [9.17, 15) is 0 Å². The summed E-state index contributed by atoms with van der Waals surface area (Å²) in [6, 6.07) is 38.7. The third-order valence-electron chi connectivity index (χ3n) is 7.06. The van der Waals surface area contributed by atoms with E-state index < -0.39 is 0 Å². The summed E-state index contributed by atoms with van der Waals surface area (Å²) in [5, 5.41) is 7.17. The van der Waals surface area contributed by atoms with E-state index in [4.69, 9.17) is 9.97 Å². The average molecular weight is 478 g/mol. The van der Waals surface area contributed by atoms with Gasteiger partial charge in [-0.15, -0.1) is 11.3 Å². The van der Waals surface area contributed by atoms with Crippen molar-refractivity contribution in [2.75, 3.05) is 0 Å². The molecule has 0 saturated carbocycles. The molecule has 0 unspecified atom stereocenters. The topological polar surface area (TPSA) is 30.7 Å². The largest absolute Gasteiger partial charge is 0.309 e. The smallest absolute Gasteiger partial charge is 0.124 e. The van der Waals surface area contributed by atoms with Crippen LogP contribution in [0.25, 0.3) is 70.0 Å². The van der Waals surface area contributed by atoms with Crippen LogP contribution in [-0.4, -0.2) is 14.5 Å². The highest BCUT2D eigenvalue weighted by Crippen LogP contribution is 2.41. The number of nitrogens with zero attached hydrogens (tertiary/aromatic N) is 3. The van der Waals surface area contributed by atoms with Crippen LogP contribution in [0, 0.1) is 0 Å². The van der Waals surface area contributed by atoms with Crippen molar-refractivity contribution in [2.45, 2.75) is 0 Å². The van der Waals surface area contributed by atoms with E-state index in [-0.39, 0.29) is 0 Å². The van der Waals surface area contributed by atoms with Gasteiger partial charge in [-0.25, -0.2) is 4.98 Å². The monoisotopic (exact) mass is 477 g/mol. The molecule has 168 valence electrons. The van der Waals surface area contributed by atoms with Crippen LogP contribution >= 0.6 is 11.3 Å². The van der Waals surface area contributed by atoms with Crippen LogP contribution in [-0.2, 0) is 0 Å². The molecule has 0 atom stereocenters. The summed E-state index contributed by atoms with van der Waals surface area (Å²) in [5.41, 5.74) is 6.75. The predicted molar refractivity (Wildman–Crippen MR) is 152 cm³/mol. The zero-order chi connectivity index (χ0) is 23.6. The lowest BCUT2D eigenvalue weighted by Crippen LogP contribution is -1.95. The number of pyridine rings is 1. The number of para-hydroxylation sites is 2. The van der Waals surface area contributed by atoms with Gasteiger partial charge in [-0.3, -0.25) is 4.98 Å². The van der Waals surface area contributed by atoms with Gasteiger partial charge >= 0.3 is 0 Å². The lowest BCUT2D eigenvalue weighted by molar-refractivity contribution is 1.19. The minimum Gasteiger partial charge on any atom is -0.309 e. The minimum atomic E-state index is 1.04. The minimum absolute atomic E-state index is 1.04. The van der Waals surface area contributed by atoms with Gasteiger partial charge in [0.1, 0.15) is 5.01 Å². The Morgan fingerprint density at radius 3 is 2.19 bits per heavy atom. The Morgan fingerprint density at radius 1 is 0.611 bits per heavy atom. The van der Waals surface area contributed by atoms with Crippen LogP contribution in [0.3, 0.4) is 0 Å². The predicted octanol–water partition coefficient (Wildman–Crippen LogP) is 8.76. The van der Waals surface area contributed by atoms with Crippen molar-refractivity contribution in [3.63, 3.8) is 0 Å². The number of hydrogen-bond donors (Lipinski definition) is 0. The van der Waals surface area contributed by atoms with Crippen LogP contribution in [0.4, 0.5) is 0 Å². The van der Waals surface area contributed by atoms with Crippen molar-refractivity contribution >= 4 is 65.0 Å². The van der Waals surface area contributed by atoms with Crippen molar-refractivity contribution in [3.8, 4) is 16.3 Å². The maximum absolute atomic E-state index is 4.85. The number of aromatic nitrogens is 3. The lowest BCUT2D eigenvalue weighted by atomic mass is 10.00. The van der Waals surface area contributed by atoms with Crippen LogP contribution in [0.2, 0.25) is 0 Å². The fourth-order valence-electron chi connectivity index (χ4n) is 5.50. The molecule has 5 aromatic carbocycles. The molecule has 0 amide bonds. The first-order valence-corrected chi connectivity index (χ1v) is 12.8. The van der Waals surface area contributed by atoms with Gasteiger partial charge in [0.15, 0.2) is 0 Å². The Labute approximate surface area is 210 Å². The van der Waals surface area contributed by atoms with E-state index in [0.717, 1.165) is 32.7 Å². The van der Waals surface area contributed by atoms with Gasteiger partial charge in [-0.05, 0) is 60.0 Å². The third-order valence-corrected chi connectivity index (χ3v) is 8.14. The molecule has 3 aromatic heterocycles. The van der Waals surface area contributed by atoms with Gasteiger partial charge in [0, 0.05) is 39.0 Å². The Bertz CT molecular complexity index is 2070. The Hall–Kier alpha value is -4.54. The fraction of sp³-hybridized carbons (Fsp3) is 0. The molecule has 3 nitrogen and oxygen atoms in total. The summed E-state index contributed by atoms with van der Waals surface area (Å²) >= 11 is 1.74. The molecule has 0 aliphatic heterocycles. The van der Waals surface area contributed by atoms with Gasteiger partial charge in [-0.1, -0.05) is 54.6 Å². The third kappa shape index (κ3) is 2.73. The number of benzene rings is 5. The Kier molecular flexibility index (Phi) is 4.10. The molecule has 8 rings (SSSR count). The van der Waals surface area contributed by atoms with Crippen molar-refractivity contribution in [2.24, 2.45) is 0 Å². The normalized spacial score (nSPS) is 11.9. The van der Waals surface area contributed by atoms with Gasteiger partial charge in [0.05, 0.1) is 26.8 Å². The first kappa shape index (κ1) is 19.7. The summed E-state index contributed by atoms with van der Waals surface area (Å²) in [5.74, 6) is 0. The summed E-state index contributed by atoms with van der Waals surface area (Å²) in [7, 11) is 0. The van der Waals surface area contributed by atoms with Crippen LogP contribution in [0.5, 0.6) is 0 Å². The summed E-state index contributed by atoms with van der Waals surface area (Å²) in [6.45, 7) is 0. The number of hydrogen-bond acceptors (Lipinski definition) is 3. The van der Waals surface area contributed by atoms with Gasteiger partial charge < -0.3 is 4.57 Å². The molecular weight excluding hydrogens is 458 g/mol. The van der Waals surface area contributed by atoms with E-state index in [2.05, 4.69) is 102 Å². The molecular formula is C32H19N3S. The second-order valence-electron chi connectivity index (χ2n) is 9.05. The van der Waals surface area contributed by atoms with Crippen LogP contribution in [0.15, 0.2) is 115 Å². The molecule has 8 aromatic rings. The zero-order valence-corrected chi connectivity index (χ0v) is 20.0. The van der Waals surface area contributed by atoms with Crippen LogP contribution < -0.4 is 0 Å². The van der Waals surface area contributed by atoms with Gasteiger partial charge in [0.25, 0.3) is 0 Å². The molecule has 0 N–H and O–H groups in total. The Balaban J connectivity index is 1.44. The highest BCUT2D eigenvalue weighted by Gasteiger charge is 2.19. The first-order valence-electron chi connectivity index (χ1n) is 12.0. The standard InChI is InChI=1S/C32H19N3S/c1-2-9-23-22(8-1)29-24-10-3-5-13-27(24)35(31(29)25-11-7-19-33-30(23)25)21-17-15-20(16-18-21)32-34-26-12-4-6-14-28(26)36-32/h1-19H. The number of thiazole rings is 1. The molecule has 4 heteroatoms. The second-order valence-corrected chi connectivity index (χ2v) is 10.1. The molecule has 0 spiro atoms. The molecule has 0 fully saturated rings. The van der Waals surface area contributed by atoms with E-state index in [1.54, 1.807) is 11.3 Å². The van der Waals surface area contributed by atoms with Crippen molar-refractivity contribution in [1.82, 2.24) is 14.5 Å². The second kappa shape index (κ2) is 7.48. The maximum atomic E-state index is 4.85. The molecule has 36 heavy (non-hydrogen) atoms. The molecule has 0 bridgehead atoms. The number of fused-ring (bicyclic) bond motifs is 9. The van der Waals surface area contributed by atoms with Crippen molar-refractivity contribution in [3.05, 3.63) is 115 Å². The summed E-state index contributed by atoms with van der Waals surface area (Å²) in [4.78, 5) is 9.67. The van der Waals surface area contributed by atoms with Crippen molar-refractivity contribution < 1.29 is 0 Å². The van der Waals surface area contributed by atoms with Crippen molar-refractivity contribution in [1.29, 1.82) is 0 Å². The lowest BCUT2D eigenvalue weighted by Gasteiger charge is -2.12. The summed E-state index contributed by atoms with van der Waals surface area (Å²) in [6.07, 6.45) is 1.89. The fourth-order valence-corrected chi connectivity index (χ4v) is 6.47. The highest BCUT2D eigenvalue weighted by atomic mass is 32.1. The molecule has 0 saturated heterocycles.